The number of anilines is 2. The van der Waals surface area contributed by atoms with E-state index in [4.69, 9.17) is 5.73 Å². The second kappa shape index (κ2) is 6.52. The third-order valence-electron chi connectivity index (χ3n) is 3.29. The molecule has 0 spiro atoms. The van der Waals surface area contributed by atoms with Gasteiger partial charge in [0.15, 0.2) is 11.6 Å². The van der Waals surface area contributed by atoms with E-state index < -0.39 is 0 Å². The molecule has 108 valence electrons. The molecule has 0 amide bonds. The summed E-state index contributed by atoms with van der Waals surface area (Å²) in [6.45, 7) is 4.99. The van der Waals surface area contributed by atoms with Crippen LogP contribution in [0.5, 0.6) is 0 Å². The van der Waals surface area contributed by atoms with Gasteiger partial charge < -0.3 is 15.5 Å². The van der Waals surface area contributed by atoms with Crippen LogP contribution in [0, 0.1) is 0 Å². The molecule has 1 heterocycles. The molecule has 0 aliphatic rings. The number of hydrogen-bond acceptors (Lipinski definition) is 5. The average Bonchev–Trinajstić information content (AvgIpc) is 2.43. The third kappa shape index (κ3) is 3.36. The molecule has 2 N–H and O–H groups in total. The third-order valence-corrected chi connectivity index (χ3v) is 3.29. The Morgan fingerprint density at radius 1 is 1.05 bits per heavy atom. The molecule has 0 saturated heterocycles. The molecule has 0 aliphatic heterocycles. The van der Waals surface area contributed by atoms with Crippen LogP contribution in [0.4, 0.5) is 11.6 Å². The normalized spacial score (nSPS) is 11.2. The molecule has 0 aliphatic carbocycles. The van der Waals surface area contributed by atoms with Crippen LogP contribution in [0.15, 0.2) is 24.3 Å². The van der Waals surface area contributed by atoms with Crippen LogP contribution in [0.1, 0.15) is 13.3 Å². The van der Waals surface area contributed by atoms with Crippen LogP contribution in [0.25, 0.3) is 11.0 Å². The Kier molecular flexibility index (Phi) is 4.74. The summed E-state index contributed by atoms with van der Waals surface area (Å²) in [5.41, 5.74) is 7.81. The number of hydrogen-bond donors (Lipinski definition) is 1. The second-order valence-electron chi connectivity index (χ2n) is 5.16. The van der Waals surface area contributed by atoms with Gasteiger partial charge in [0.2, 0.25) is 0 Å². The Hall–Kier alpha value is -1.88. The molecule has 0 fully saturated rings. The van der Waals surface area contributed by atoms with Crippen molar-refractivity contribution in [2.45, 2.75) is 13.3 Å². The van der Waals surface area contributed by atoms with E-state index in [1.165, 1.54) is 0 Å². The highest BCUT2D eigenvalue weighted by molar-refractivity contribution is 5.79. The first-order valence-electron chi connectivity index (χ1n) is 7.03. The number of aromatic nitrogens is 2. The number of para-hydroxylation sites is 2. The van der Waals surface area contributed by atoms with Gasteiger partial charge in [-0.25, -0.2) is 9.97 Å². The Morgan fingerprint density at radius 3 is 2.30 bits per heavy atom. The van der Waals surface area contributed by atoms with Crippen molar-refractivity contribution in [2.75, 3.05) is 44.4 Å². The van der Waals surface area contributed by atoms with Gasteiger partial charge in [-0.3, -0.25) is 0 Å². The predicted molar refractivity (Wildman–Crippen MR) is 85.0 cm³/mol. The Labute approximate surface area is 120 Å². The minimum absolute atomic E-state index is 0.510. The van der Waals surface area contributed by atoms with Gasteiger partial charge in [-0.2, -0.15) is 0 Å². The lowest BCUT2D eigenvalue weighted by Gasteiger charge is -2.24. The average molecular weight is 273 g/mol. The van der Waals surface area contributed by atoms with E-state index in [1.54, 1.807) is 0 Å². The Balaban J connectivity index is 2.22. The van der Waals surface area contributed by atoms with Gasteiger partial charge in [0.05, 0.1) is 11.0 Å². The van der Waals surface area contributed by atoms with Crippen molar-refractivity contribution >= 4 is 22.7 Å². The van der Waals surface area contributed by atoms with Gasteiger partial charge in [-0.15, -0.1) is 0 Å². The van der Waals surface area contributed by atoms with Gasteiger partial charge in [-0.05, 0) is 46.1 Å². The predicted octanol–water partition coefficient (Wildman–Crippen LogP) is 1.99. The lowest BCUT2D eigenvalue weighted by Crippen LogP contribution is -2.28. The molecule has 0 radical (unpaired) electrons. The van der Waals surface area contributed by atoms with Crippen molar-refractivity contribution < 1.29 is 0 Å². The minimum Gasteiger partial charge on any atom is -0.381 e. The monoisotopic (exact) mass is 273 g/mol. The Morgan fingerprint density at radius 2 is 1.70 bits per heavy atom. The fourth-order valence-electron chi connectivity index (χ4n) is 2.23. The maximum absolute atomic E-state index is 6.07. The maximum atomic E-state index is 6.07. The molecule has 2 rings (SSSR count). The quantitative estimate of drug-likeness (QED) is 0.872. The number of benzene rings is 1. The van der Waals surface area contributed by atoms with E-state index >= 15 is 0 Å². The maximum Gasteiger partial charge on any atom is 0.172 e. The Bertz CT molecular complexity index is 567. The standard InChI is InChI=1S/C15H23N5/c1-4-20(11-7-10-19(2)3)15-14(16)17-12-8-5-6-9-13(12)18-15/h5-6,8-9H,4,7,10-11H2,1-3H3,(H2,16,17). The van der Waals surface area contributed by atoms with Crippen molar-refractivity contribution in [1.29, 1.82) is 0 Å². The highest BCUT2D eigenvalue weighted by Gasteiger charge is 2.12. The first-order chi connectivity index (χ1) is 9.61. The van der Waals surface area contributed by atoms with Crippen LogP contribution in [-0.4, -0.2) is 48.6 Å². The number of nitrogens with zero attached hydrogens (tertiary/aromatic N) is 4. The summed E-state index contributed by atoms with van der Waals surface area (Å²) in [5.74, 6) is 1.31. The van der Waals surface area contributed by atoms with E-state index in [0.29, 0.717) is 5.82 Å². The molecule has 2 aromatic rings. The molecule has 0 bridgehead atoms. The summed E-state index contributed by atoms with van der Waals surface area (Å²) in [6.07, 6.45) is 1.08. The molecule has 0 saturated carbocycles. The number of nitrogen functional groups attached to an aromatic ring is 1. The van der Waals surface area contributed by atoms with Gasteiger partial charge in [0, 0.05) is 13.1 Å². The number of fused-ring (bicyclic) bond motifs is 1. The van der Waals surface area contributed by atoms with Crippen LogP contribution < -0.4 is 10.6 Å². The minimum atomic E-state index is 0.510. The molecule has 0 atom stereocenters. The largest absolute Gasteiger partial charge is 0.381 e. The first kappa shape index (κ1) is 14.5. The fourth-order valence-corrected chi connectivity index (χ4v) is 2.23. The lowest BCUT2D eigenvalue weighted by atomic mass is 10.3. The highest BCUT2D eigenvalue weighted by Crippen LogP contribution is 2.22. The fraction of sp³-hybridized carbons (Fsp3) is 0.467. The molecule has 5 heteroatoms. The zero-order chi connectivity index (χ0) is 14.5. The molecule has 20 heavy (non-hydrogen) atoms. The van der Waals surface area contributed by atoms with Crippen molar-refractivity contribution in [3.8, 4) is 0 Å². The summed E-state index contributed by atoms with van der Waals surface area (Å²) >= 11 is 0. The van der Waals surface area contributed by atoms with Crippen LogP contribution in [-0.2, 0) is 0 Å². The van der Waals surface area contributed by atoms with Crippen molar-refractivity contribution in [2.24, 2.45) is 0 Å². The number of nitrogens with two attached hydrogens (primary N) is 1. The van der Waals surface area contributed by atoms with E-state index in [0.717, 1.165) is 42.9 Å². The lowest BCUT2D eigenvalue weighted by molar-refractivity contribution is 0.400. The van der Waals surface area contributed by atoms with E-state index in [9.17, 15) is 0 Å². The number of rotatable bonds is 6. The van der Waals surface area contributed by atoms with Gasteiger partial charge in [0.1, 0.15) is 0 Å². The topological polar surface area (TPSA) is 58.3 Å². The van der Waals surface area contributed by atoms with Gasteiger partial charge in [0.25, 0.3) is 0 Å². The second-order valence-corrected chi connectivity index (χ2v) is 5.16. The molecule has 5 nitrogen and oxygen atoms in total. The summed E-state index contributed by atoms with van der Waals surface area (Å²) in [4.78, 5) is 13.5. The van der Waals surface area contributed by atoms with E-state index in [2.05, 4.69) is 40.8 Å². The first-order valence-corrected chi connectivity index (χ1v) is 7.03. The SMILES string of the molecule is CCN(CCCN(C)C)c1nc2ccccc2nc1N. The highest BCUT2D eigenvalue weighted by atomic mass is 15.2. The zero-order valence-corrected chi connectivity index (χ0v) is 12.5. The van der Waals surface area contributed by atoms with Crippen LogP contribution >= 0.6 is 0 Å². The van der Waals surface area contributed by atoms with Gasteiger partial charge >= 0.3 is 0 Å². The summed E-state index contributed by atoms with van der Waals surface area (Å²) in [6, 6.07) is 7.83. The molecular weight excluding hydrogens is 250 g/mol. The van der Waals surface area contributed by atoms with Crippen molar-refractivity contribution in [1.82, 2.24) is 14.9 Å². The summed E-state index contributed by atoms with van der Waals surface area (Å²) in [5, 5.41) is 0. The van der Waals surface area contributed by atoms with Crippen molar-refractivity contribution in [3.63, 3.8) is 0 Å². The molecule has 1 aromatic heterocycles. The van der Waals surface area contributed by atoms with Gasteiger partial charge in [-0.1, -0.05) is 12.1 Å². The van der Waals surface area contributed by atoms with Crippen molar-refractivity contribution in [3.05, 3.63) is 24.3 Å². The summed E-state index contributed by atoms with van der Waals surface area (Å²) in [7, 11) is 4.17. The van der Waals surface area contributed by atoms with Crippen LogP contribution in [0.3, 0.4) is 0 Å². The smallest absolute Gasteiger partial charge is 0.172 e. The van der Waals surface area contributed by atoms with E-state index in [1.807, 2.05) is 24.3 Å². The molecule has 0 unspecified atom stereocenters. The van der Waals surface area contributed by atoms with E-state index in [-0.39, 0.29) is 0 Å². The zero-order valence-electron chi connectivity index (χ0n) is 12.5. The summed E-state index contributed by atoms with van der Waals surface area (Å²) < 4.78 is 0. The molecule has 1 aromatic carbocycles. The molecular formula is C15H23N5. The van der Waals surface area contributed by atoms with Crippen LogP contribution in [0.2, 0.25) is 0 Å².